The van der Waals surface area contributed by atoms with Crippen molar-refractivity contribution in [3.05, 3.63) is 0 Å². The lowest BCUT2D eigenvalue weighted by Gasteiger charge is -2.20. The van der Waals surface area contributed by atoms with Gasteiger partial charge in [0.2, 0.25) is 0 Å². The highest BCUT2D eigenvalue weighted by atomic mass is 17.2. The Labute approximate surface area is 101 Å². The molecule has 0 aliphatic heterocycles. The van der Waals surface area contributed by atoms with Crippen molar-refractivity contribution in [2.45, 2.75) is 83.7 Å². The molecule has 96 valence electrons. The monoisotopic (exact) mass is 228 g/mol. The number of rotatable bonds is 9. The number of hydrogen-bond donors (Lipinski definition) is 0. The minimum atomic E-state index is 0.383. The second-order valence-corrected chi connectivity index (χ2v) is 4.95. The molecule has 0 amide bonds. The second-order valence-electron chi connectivity index (χ2n) is 4.95. The highest BCUT2D eigenvalue weighted by Gasteiger charge is 2.14. The van der Waals surface area contributed by atoms with E-state index in [0.717, 1.165) is 13.0 Å². The molecule has 0 aromatic carbocycles. The fraction of sp³-hybridized carbons (Fsp3) is 1.00. The summed E-state index contributed by atoms with van der Waals surface area (Å²) >= 11 is 0. The molecule has 1 saturated carbocycles. The second kappa shape index (κ2) is 10.1. The average molecular weight is 228 g/mol. The summed E-state index contributed by atoms with van der Waals surface area (Å²) in [4.78, 5) is 10.7. The molecule has 1 rings (SSSR count). The number of hydrogen-bond acceptors (Lipinski definition) is 2. The van der Waals surface area contributed by atoms with E-state index in [9.17, 15) is 0 Å². The molecular weight excluding hydrogens is 200 g/mol. The normalized spacial score (nSPS) is 17.8. The van der Waals surface area contributed by atoms with E-state index in [-0.39, 0.29) is 0 Å². The van der Waals surface area contributed by atoms with Crippen LogP contribution < -0.4 is 0 Å². The Balaban J connectivity index is 1.77. The van der Waals surface area contributed by atoms with Crippen LogP contribution in [-0.4, -0.2) is 12.7 Å². The van der Waals surface area contributed by atoms with Gasteiger partial charge in [-0.1, -0.05) is 58.3 Å². The predicted molar refractivity (Wildman–Crippen MR) is 67.3 cm³/mol. The molecule has 0 atom stereocenters. The third-order valence-corrected chi connectivity index (χ3v) is 3.34. The van der Waals surface area contributed by atoms with Gasteiger partial charge in [-0.05, 0) is 19.3 Å². The summed E-state index contributed by atoms with van der Waals surface area (Å²) in [6.07, 6.45) is 14.6. The van der Waals surface area contributed by atoms with Crippen LogP contribution in [0.5, 0.6) is 0 Å². The molecule has 16 heavy (non-hydrogen) atoms. The van der Waals surface area contributed by atoms with Crippen LogP contribution in [0.3, 0.4) is 0 Å². The Hall–Kier alpha value is -0.0800. The molecule has 0 bridgehead atoms. The molecular formula is C14H28O2. The molecule has 0 heterocycles. The first kappa shape index (κ1) is 14.0. The third kappa shape index (κ3) is 7.24. The van der Waals surface area contributed by atoms with Crippen LogP contribution in [0.4, 0.5) is 0 Å². The Kier molecular flexibility index (Phi) is 8.83. The van der Waals surface area contributed by atoms with Crippen LogP contribution in [0.2, 0.25) is 0 Å². The largest absolute Gasteiger partial charge is 0.236 e. The first-order valence-electron chi connectivity index (χ1n) is 7.21. The van der Waals surface area contributed by atoms with Crippen LogP contribution in [0.15, 0.2) is 0 Å². The van der Waals surface area contributed by atoms with Crippen molar-refractivity contribution >= 4 is 0 Å². The fourth-order valence-corrected chi connectivity index (χ4v) is 2.25. The summed E-state index contributed by atoms with van der Waals surface area (Å²) in [5.74, 6) is 0. The van der Waals surface area contributed by atoms with Crippen molar-refractivity contribution in [3.63, 3.8) is 0 Å². The maximum atomic E-state index is 5.41. The molecule has 0 radical (unpaired) electrons. The van der Waals surface area contributed by atoms with Gasteiger partial charge in [-0.3, -0.25) is 0 Å². The van der Waals surface area contributed by atoms with Gasteiger partial charge in [0, 0.05) is 0 Å². The molecule has 2 nitrogen and oxygen atoms in total. The van der Waals surface area contributed by atoms with Gasteiger partial charge in [-0.2, -0.15) is 0 Å². The van der Waals surface area contributed by atoms with E-state index in [4.69, 9.17) is 9.78 Å². The zero-order valence-corrected chi connectivity index (χ0v) is 10.9. The minimum Gasteiger partial charge on any atom is -0.236 e. The van der Waals surface area contributed by atoms with Crippen LogP contribution in [0.1, 0.15) is 77.6 Å². The Morgan fingerprint density at radius 2 is 1.56 bits per heavy atom. The van der Waals surface area contributed by atoms with E-state index in [1.165, 1.54) is 64.2 Å². The standard InChI is InChI=1S/C14H28O2/c1-2-3-4-5-6-10-13-15-16-14-11-8-7-9-12-14/h14H,2-13H2,1H3. The topological polar surface area (TPSA) is 18.5 Å². The van der Waals surface area contributed by atoms with Crippen LogP contribution >= 0.6 is 0 Å². The van der Waals surface area contributed by atoms with Gasteiger partial charge in [0.05, 0.1) is 12.7 Å². The van der Waals surface area contributed by atoms with Gasteiger partial charge < -0.3 is 0 Å². The van der Waals surface area contributed by atoms with Gasteiger partial charge in [0.15, 0.2) is 0 Å². The molecule has 0 saturated heterocycles. The fourth-order valence-electron chi connectivity index (χ4n) is 2.25. The van der Waals surface area contributed by atoms with Gasteiger partial charge >= 0.3 is 0 Å². The summed E-state index contributed by atoms with van der Waals surface area (Å²) in [5.41, 5.74) is 0. The van der Waals surface area contributed by atoms with E-state index in [2.05, 4.69) is 6.92 Å². The smallest absolute Gasteiger partial charge is 0.0930 e. The molecule has 0 spiro atoms. The quantitative estimate of drug-likeness (QED) is 0.325. The van der Waals surface area contributed by atoms with E-state index >= 15 is 0 Å². The summed E-state index contributed by atoms with van der Waals surface area (Å²) in [6, 6.07) is 0. The number of unbranched alkanes of at least 4 members (excludes halogenated alkanes) is 5. The summed E-state index contributed by atoms with van der Waals surface area (Å²) < 4.78 is 0. The Morgan fingerprint density at radius 1 is 0.875 bits per heavy atom. The highest BCUT2D eigenvalue weighted by Crippen LogP contribution is 2.20. The van der Waals surface area contributed by atoms with E-state index < -0.39 is 0 Å². The molecule has 0 N–H and O–H groups in total. The molecule has 0 aromatic heterocycles. The molecule has 2 heteroatoms. The van der Waals surface area contributed by atoms with Crippen molar-refractivity contribution in [3.8, 4) is 0 Å². The van der Waals surface area contributed by atoms with Crippen molar-refractivity contribution in [2.24, 2.45) is 0 Å². The minimum absolute atomic E-state index is 0.383. The molecule has 0 aromatic rings. The summed E-state index contributed by atoms with van der Waals surface area (Å²) in [5, 5.41) is 0. The predicted octanol–water partition coefficient (Wildman–Crippen LogP) is 4.63. The van der Waals surface area contributed by atoms with Gasteiger partial charge in [0.25, 0.3) is 0 Å². The van der Waals surface area contributed by atoms with Gasteiger partial charge in [-0.15, -0.1) is 0 Å². The van der Waals surface area contributed by atoms with Crippen molar-refractivity contribution < 1.29 is 9.78 Å². The third-order valence-electron chi connectivity index (χ3n) is 3.34. The van der Waals surface area contributed by atoms with Gasteiger partial charge in [0.1, 0.15) is 0 Å². The molecule has 0 unspecified atom stereocenters. The van der Waals surface area contributed by atoms with E-state index in [0.29, 0.717) is 6.10 Å². The molecule has 1 aliphatic rings. The summed E-state index contributed by atoms with van der Waals surface area (Å²) in [7, 11) is 0. The first-order valence-corrected chi connectivity index (χ1v) is 7.21. The van der Waals surface area contributed by atoms with Crippen molar-refractivity contribution in [2.75, 3.05) is 6.61 Å². The Morgan fingerprint density at radius 3 is 2.31 bits per heavy atom. The van der Waals surface area contributed by atoms with Crippen LogP contribution in [0.25, 0.3) is 0 Å². The van der Waals surface area contributed by atoms with Crippen molar-refractivity contribution in [1.29, 1.82) is 0 Å². The van der Waals surface area contributed by atoms with E-state index in [1.807, 2.05) is 0 Å². The SMILES string of the molecule is CCCCCCCCOOC1CCCCC1. The first-order chi connectivity index (χ1) is 7.93. The average Bonchev–Trinajstić information content (AvgIpc) is 2.34. The van der Waals surface area contributed by atoms with Crippen LogP contribution in [0, 0.1) is 0 Å². The molecule has 1 fully saturated rings. The van der Waals surface area contributed by atoms with Gasteiger partial charge in [-0.25, -0.2) is 9.78 Å². The lowest BCUT2D eigenvalue weighted by atomic mass is 9.98. The highest BCUT2D eigenvalue weighted by molar-refractivity contribution is 4.63. The molecule has 1 aliphatic carbocycles. The lowest BCUT2D eigenvalue weighted by Crippen LogP contribution is -2.17. The zero-order chi connectivity index (χ0) is 11.5. The zero-order valence-electron chi connectivity index (χ0n) is 10.9. The Bertz CT molecular complexity index is 142. The van der Waals surface area contributed by atoms with Crippen molar-refractivity contribution in [1.82, 2.24) is 0 Å². The maximum Gasteiger partial charge on any atom is 0.0930 e. The lowest BCUT2D eigenvalue weighted by molar-refractivity contribution is -0.328. The van der Waals surface area contributed by atoms with Crippen LogP contribution in [-0.2, 0) is 9.78 Å². The van der Waals surface area contributed by atoms with E-state index in [1.54, 1.807) is 0 Å². The summed E-state index contributed by atoms with van der Waals surface area (Å²) in [6.45, 7) is 3.03. The maximum absolute atomic E-state index is 5.41.